The van der Waals surface area contributed by atoms with Gasteiger partial charge < -0.3 is 0 Å². The first kappa shape index (κ1) is 18.2. The highest BCUT2D eigenvalue weighted by Gasteiger charge is 2.29. The van der Waals surface area contributed by atoms with E-state index in [1.54, 1.807) is 6.08 Å². The molecule has 0 nitrogen and oxygen atoms in total. The molecule has 0 spiro atoms. The Bertz CT molecular complexity index is 377. The van der Waals surface area contributed by atoms with Crippen LogP contribution in [0, 0.1) is 5.41 Å². The van der Waals surface area contributed by atoms with Crippen LogP contribution in [-0.2, 0) is 6.18 Å². The number of hydrogen-bond acceptors (Lipinski definition) is 0. The van der Waals surface area contributed by atoms with Gasteiger partial charge in [-0.2, -0.15) is 13.2 Å². The van der Waals surface area contributed by atoms with Crippen LogP contribution < -0.4 is 0 Å². The SMILES string of the molecule is CC(C)(C)C.FC(F)(F)c1ccc(/C=C/CBr)cc1. The molecule has 0 radical (unpaired) electrons. The molecule has 0 aliphatic rings. The maximum absolute atomic E-state index is 12.1. The Morgan fingerprint density at radius 1 is 1.00 bits per heavy atom. The summed E-state index contributed by atoms with van der Waals surface area (Å²) in [5, 5.41) is 0.689. The first-order valence-corrected chi connectivity index (χ1v) is 7.06. The molecule has 19 heavy (non-hydrogen) atoms. The Hall–Kier alpha value is -0.770. The van der Waals surface area contributed by atoms with Crippen LogP contribution >= 0.6 is 15.9 Å². The van der Waals surface area contributed by atoms with Gasteiger partial charge in [0.25, 0.3) is 0 Å². The summed E-state index contributed by atoms with van der Waals surface area (Å²) in [6.45, 7) is 8.75. The summed E-state index contributed by atoms with van der Waals surface area (Å²) in [5.74, 6) is 0. The minimum absolute atomic E-state index is 0.500. The summed E-state index contributed by atoms with van der Waals surface area (Å²) in [7, 11) is 0. The van der Waals surface area contributed by atoms with Crippen molar-refractivity contribution < 1.29 is 13.2 Å². The van der Waals surface area contributed by atoms with Crippen LogP contribution in [0.4, 0.5) is 13.2 Å². The predicted molar refractivity (Wildman–Crippen MR) is 79.4 cm³/mol. The molecule has 0 N–H and O–H groups in total. The Morgan fingerprint density at radius 2 is 1.42 bits per heavy atom. The lowest BCUT2D eigenvalue weighted by molar-refractivity contribution is -0.137. The maximum atomic E-state index is 12.1. The lowest BCUT2D eigenvalue weighted by Gasteiger charge is -2.05. The van der Waals surface area contributed by atoms with Gasteiger partial charge in [-0.05, 0) is 23.1 Å². The lowest BCUT2D eigenvalue weighted by Crippen LogP contribution is -2.03. The van der Waals surface area contributed by atoms with Crippen molar-refractivity contribution in [1.29, 1.82) is 0 Å². The second-order valence-electron chi connectivity index (χ2n) is 5.68. The van der Waals surface area contributed by atoms with Crippen molar-refractivity contribution in [2.75, 3.05) is 5.33 Å². The zero-order valence-electron chi connectivity index (χ0n) is 11.7. The summed E-state index contributed by atoms with van der Waals surface area (Å²) in [6, 6.07) is 5.05. The highest BCUT2D eigenvalue weighted by atomic mass is 79.9. The number of rotatable bonds is 2. The molecule has 0 atom stereocenters. The van der Waals surface area contributed by atoms with Crippen molar-refractivity contribution in [1.82, 2.24) is 0 Å². The van der Waals surface area contributed by atoms with Crippen LogP contribution in [0.2, 0.25) is 0 Å². The second kappa shape index (κ2) is 7.73. The molecule has 0 saturated carbocycles. The molecule has 0 fully saturated rings. The van der Waals surface area contributed by atoms with Crippen molar-refractivity contribution in [3.05, 3.63) is 41.5 Å². The summed E-state index contributed by atoms with van der Waals surface area (Å²) >= 11 is 3.19. The summed E-state index contributed by atoms with van der Waals surface area (Å²) < 4.78 is 36.4. The number of alkyl halides is 4. The number of allylic oxidation sites excluding steroid dienone is 1. The molecule has 0 unspecified atom stereocenters. The Morgan fingerprint density at radius 3 is 1.74 bits per heavy atom. The van der Waals surface area contributed by atoms with Gasteiger partial charge in [-0.15, -0.1) is 0 Å². The molecule has 0 aromatic heterocycles. The third-order valence-corrected chi connectivity index (χ3v) is 2.01. The fraction of sp³-hybridized carbons (Fsp3) is 0.467. The van der Waals surface area contributed by atoms with E-state index in [-0.39, 0.29) is 0 Å². The standard InChI is InChI=1S/C10H8BrF3.C5H12/c11-7-1-2-8-3-5-9(6-4-8)10(12,13)14;1-5(2,3)4/h1-6H,7H2;1-4H3/b2-1+;. The molecule has 0 heterocycles. The van der Waals surface area contributed by atoms with Gasteiger partial charge in [0.15, 0.2) is 0 Å². The molecule has 0 bridgehead atoms. The average Bonchev–Trinajstić information content (AvgIpc) is 2.23. The molecule has 4 heteroatoms. The molecular formula is C15H20BrF3. The Balaban J connectivity index is 0.000000555. The largest absolute Gasteiger partial charge is 0.416 e. The van der Waals surface area contributed by atoms with Gasteiger partial charge in [-0.25, -0.2) is 0 Å². The van der Waals surface area contributed by atoms with Crippen LogP contribution in [0.1, 0.15) is 38.8 Å². The minimum Gasteiger partial charge on any atom is -0.166 e. The maximum Gasteiger partial charge on any atom is 0.416 e. The summed E-state index contributed by atoms with van der Waals surface area (Å²) in [6.07, 6.45) is -0.671. The van der Waals surface area contributed by atoms with E-state index in [0.29, 0.717) is 10.7 Å². The highest BCUT2D eigenvalue weighted by Crippen LogP contribution is 2.29. The molecular weight excluding hydrogens is 317 g/mol. The predicted octanol–water partition coefficient (Wildman–Crippen LogP) is 6.17. The van der Waals surface area contributed by atoms with E-state index in [4.69, 9.17) is 0 Å². The Kier molecular flexibility index (Phi) is 7.42. The van der Waals surface area contributed by atoms with Gasteiger partial charge in [0.1, 0.15) is 0 Å². The Labute approximate surface area is 121 Å². The molecule has 1 rings (SSSR count). The molecule has 1 aromatic carbocycles. The van der Waals surface area contributed by atoms with Crippen LogP contribution in [0.5, 0.6) is 0 Å². The van der Waals surface area contributed by atoms with Gasteiger partial charge in [0, 0.05) is 5.33 Å². The number of halogens is 4. The van der Waals surface area contributed by atoms with Gasteiger partial charge in [-0.1, -0.05) is 67.9 Å². The zero-order valence-corrected chi connectivity index (χ0v) is 13.3. The first-order chi connectivity index (χ1) is 8.54. The zero-order chi connectivity index (χ0) is 15.1. The second-order valence-corrected chi connectivity index (χ2v) is 6.32. The van der Waals surface area contributed by atoms with Crippen molar-refractivity contribution >= 4 is 22.0 Å². The smallest absolute Gasteiger partial charge is 0.166 e. The van der Waals surface area contributed by atoms with E-state index in [1.807, 2.05) is 6.08 Å². The van der Waals surface area contributed by atoms with E-state index in [9.17, 15) is 13.2 Å². The van der Waals surface area contributed by atoms with E-state index in [0.717, 1.165) is 17.7 Å². The van der Waals surface area contributed by atoms with Crippen molar-refractivity contribution in [2.45, 2.75) is 33.9 Å². The van der Waals surface area contributed by atoms with Gasteiger partial charge in [0.05, 0.1) is 5.56 Å². The first-order valence-electron chi connectivity index (χ1n) is 5.94. The normalized spacial score (nSPS) is 12.2. The molecule has 0 amide bonds. The van der Waals surface area contributed by atoms with Crippen molar-refractivity contribution in [3.8, 4) is 0 Å². The van der Waals surface area contributed by atoms with E-state index in [1.165, 1.54) is 12.1 Å². The van der Waals surface area contributed by atoms with E-state index >= 15 is 0 Å². The molecule has 108 valence electrons. The molecule has 0 aliphatic heterocycles. The monoisotopic (exact) mass is 336 g/mol. The quantitative estimate of drug-likeness (QED) is 0.567. The van der Waals surface area contributed by atoms with Crippen molar-refractivity contribution in [3.63, 3.8) is 0 Å². The highest BCUT2D eigenvalue weighted by molar-refractivity contribution is 9.09. The average molecular weight is 337 g/mol. The molecule has 0 saturated heterocycles. The number of hydrogen-bond donors (Lipinski definition) is 0. The lowest BCUT2D eigenvalue weighted by atomic mass is 10.0. The fourth-order valence-electron chi connectivity index (χ4n) is 0.964. The fourth-order valence-corrected chi connectivity index (χ4v) is 1.15. The van der Waals surface area contributed by atoms with Crippen LogP contribution in [0.25, 0.3) is 6.08 Å². The van der Waals surface area contributed by atoms with Crippen LogP contribution in [-0.4, -0.2) is 5.33 Å². The van der Waals surface area contributed by atoms with Gasteiger partial charge in [0.2, 0.25) is 0 Å². The van der Waals surface area contributed by atoms with E-state index < -0.39 is 11.7 Å². The summed E-state index contributed by atoms with van der Waals surface area (Å²) in [5.41, 5.74) is 0.644. The molecule has 0 aliphatic carbocycles. The third-order valence-electron chi connectivity index (χ3n) is 1.64. The minimum atomic E-state index is -4.25. The molecule has 1 aromatic rings. The third kappa shape index (κ3) is 10.8. The van der Waals surface area contributed by atoms with Crippen LogP contribution in [0.15, 0.2) is 30.3 Å². The van der Waals surface area contributed by atoms with Crippen LogP contribution in [0.3, 0.4) is 0 Å². The van der Waals surface area contributed by atoms with E-state index in [2.05, 4.69) is 43.6 Å². The van der Waals surface area contributed by atoms with Gasteiger partial charge >= 0.3 is 6.18 Å². The topological polar surface area (TPSA) is 0 Å². The summed E-state index contributed by atoms with van der Waals surface area (Å²) in [4.78, 5) is 0. The number of benzene rings is 1. The van der Waals surface area contributed by atoms with Gasteiger partial charge in [-0.3, -0.25) is 0 Å². The van der Waals surface area contributed by atoms with Crippen molar-refractivity contribution in [2.24, 2.45) is 5.41 Å².